The third kappa shape index (κ3) is 5.34. The molecular weight excluding hydrogens is 469 g/mol. The molecule has 0 radical (unpaired) electrons. The summed E-state index contributed by atoms with van der Waals surface area (Å²) < 4.78 is 46.9. The number of alkyl halides is 3. The van der Waals surface area contributed by atoms with Gasteiger partial charge in [0, 0.05) is 49.9 Å². The van der Waals surface area contributed by atoms with E-state index in [-0.39, 0.29) is 28.4 Å². The predicted octanol–water partition coefficient (Wildman–Crippen LogP) is 4.10. The molecule has 34 heavy (non-hydrogen) atoms. The zero-order valence-electron chi connectivity index (χ0n) is 19.2. The Morgan fingerprint density at radius 1 is 1.21 bits per heavy atom. The van der Waals surface area contributed by atoms with Gasteiger partial charge in [0.1, 0.15) is 11.9 Å². The molecule has 7 nitrogen and oxygen atoms in total. The number of piperazine rings is 1. The number of rotatable bonds is 6. The van der Waals surface area contributed by atoms with Gasteiger partial charge in [-0.15, -0.1) is 0 Å². The van der Waals surface area contributed by atoms with Gasteiger partial charge >= 0.3 is 12.2 Å². The highest BCUT2D eigenvalue weighted by Crippen LogP contribution is 2.40. The fourth-order valence-corrected chi connectivity index (χ4v) is 4.30. The summed E-state index contributed by atoms with van der Waals surface area (Å²) in [5.74, 6) is 0.643. The van der Waals surface area contributed by atoms with Gasteiger partial charge in [0.2, 0.25) is 0 Å². The Morgan fingerprint density at radius 3 is 2.62 bits per heavy atom. The van der Waals surface area contributed by atoms with Crippen LogP contribution in [0.2, 0.25) is 5.02 Å². The second kappa shape index (κ2) is 9.89. The van der Waals surface area contributed by atoms with Crippen molar-refractivity contribution in [2.45, 2.75) is 19.2 Å². The number of ether oxygens (including phenoxy) is 1. The first-order valence-electron chi connectivity index (χ1n) is 10.9. The maximum Gasteiger partial charge on any atom is 0.418 e. The topological polar surface area (TPSA) is 66.4 Å². The van der Waals surface area contributed by atoms with Crippen molar-refractivity contribution in [2.75, 3.05) is 51.7 Å². The zero-order valence-corrected chi connectivity index (χ0v) is 19.9. The van der Waals surface area contributed by atoms with Crippen LogP contribution in [-0.2, 0) is 6.18 Å². The van der Waals surface area contributed by atoms with Gasteiger partial charge in [-0.2, -0.15) is 23.1 Å². The molecule has 1 aliphatic heterocycles. The van der Waals surface area contributed by atoms with E-state index in [4.69, 9.17) is 16.3 Å². The first-order chi connectivity index (χ1) is 16.1. The molecule has 3 heterocycles. The summed E-state index contributed by atoms with van der Waals surface area (Å²) in [6.45, 7) is 5.57. The second-order valence-corrected chi connectivity index (χ2v) is 8.91. The molecule has 3 aromatic rings. The first-order valence-corrected chi connectivity index (χ1v) is 11.3. The standard InChI is InChI=1S/C23H26ClF3N6O/c1-14(13-32(2)3)34-22-30-19-12-15(20-17(23(25,26)27)5-4-6-29-20)18(24)11-16(19)21(31-22)33-9-7-28-8-10-33/h4-6,11-12,14,28H,7-10,13H2,1-3H3. The van der Waals surface area contributed by atoms with Crippen LogP contribution in [0, 0.1) is 0 Å². The summed E-state index contributed by atoms with van der Waals surface area (Å²) in [6, 6.07) is 5.56. The molecule has 182 valence electrons. The summed E-state index contributed by atoms with van der Waals surface area (Å²) in [4.78, 5) is 17.3. The van der Waals surface area contributed by atoms with Crippen molar-refractivity contribution >= 4 is 28.3 Å². The largest absolute Gasteiger partial charge is 0.459 e. The zero-order chi connectivity index (χ0) is 24.5. The number of halogens is 4. The average molecular weight is 495 g/mol. The van der Waals surface area contributed by atoms with Crippen LogP contribution in [-0.4, -0.2) is 72.8 Å². The molecule has 1 aliphatic rings. The van der Waals surface area contributed by atoms with Gasteiger partial charge in [0.05, 0.1) is 21.8 Å². The van der Waals surface area contributed by atoms with E-state index in [1.165, 1.54) is 18.3 Å². The molecule has 1 aromatic carbocycles. The quantitative estimate of drug-likeness (QED) is 0.553. The number of hydrogen-bond acceptors (Lipinski definition) is 7. The SMILES string of the molecule is CC(CN(C)C)Oc1nc(N2CCNCC2)c2cc(Cl)c(-c3ncccc3C(F)(F)F)cc2n1. The van der Waals surface area contributed by atoms with E-state index in [1.807, 2.05) is 25.9 Å². The van der Waals surface area contributed by atoms with Crippen LogP contribution in [0.5, 0.6) is 6.01 Å². The second-order valence-electron chi connectivity index (χ2n) is 8.50. The van der Waals surface area contributed by atoms with Gasteiger partial charge in [-0.25, -0.2) is 0 Å². The molecule has 11 heteroatoms. The average Bonchev–Trinajstić information content (AvgIpc) is 2.78. The molecule has 0 aliphatic carbocycles. The van der Waals surface area contributed by atoms with Crippen LogP contribution in [0.4, 0.5) is 19.0 Å². The number of likely N-dealkylation sites (N-methyl/N-ethyl adjacent to an activating group) is 1. The van der Waals surface area contributed by atoms with Crippen LogP contribution in [0.25, 0.3) is 22.2 Å². The highest BCUT2D eigenvalue weighted by atomic mass is 35.5. The fraction of sp³-hybridized carbons (Fsp3) is 0.435. The number of hydrogen-bond donors (Lipinski definition) is 1. The van der Waals surface area contributed by atoms with Crippen molar-refractivity contribution in [1.82, 2.24) is 25.2 Å². The lowest BCUT2D eigenvalue weighted by molar-refractivity contribution is -0.137. The maximum atomic E-state index is 13.7. The Balaban J connectivity index is 1.87. The number of aromatic nitrogens is 3. The minimum absolute atomic E-state index is 0.145. The number of nitrogens with zero attached hydrogens (tertiary/aromatic N) is 5. The van der Waals surface area contributed by atoms with Crippen molar-refractivity contribution in [1.29, 1.82) is 0 Å². The monoisotopic (exact) mass is 494 g/mol. The fourth-order valence-electron chi connectivity index (χ4n) is 4.04. The Kier molecular flexibility index (Phi) is 7.11. The lowest BCUT2D eigenvalue weighted by atomic mass is 10.0. The van der Waals surface area contributed by atoms with Crippen LogP contribution < -0.4 is 15.0 Å². The third-order valence-corrected chi connectivity index (χ3v) is 5.77. The predicted molar refractivity (Wildman–Crippen MR) is 127 cm³/mol. The summed E-state index contributed by atoms with van der Waals surface area (Å²) in [6.07, 6.45) is -3.45. The van der Waals surface area contributed by atoms with Gasteiger partial charge in [-0.05, 0) is 45.3 Å². The summed E-state index contributed by atoms with van der Waals surface area (Å²) >= 11 is 6.52. The van der Waals surface area contributed by atoms with Crippen LogP contribution in [0.1, 0.15) is 12.5 Å². The smallest absolute Gasteiger partial charge is 0.418 e. The number of anilines is 1. The van der Waals surface area contributed by atoms with Gasteiger partial charge in [-0.1, -0.05) is 11.6 Å². The highest BCUT2D eigenvalue weighted by Gasteiger charge is 2.35. The highest BCUT2D eigenvalue weighted by molar-refractivity contribution is 6.34. The maximum absolute atomic E-state index is 13.7. The lowest BCUT2D eigenvalue weighted by Gasteiger charge is -2.29. The number of pyridine rings is 1. The van der Waals surface area contributed by atoms with Crippen molar-refractivity contribution in [2.24, 2.45) is 0 Å². The van der Waals surface area contributed by atoms with Crippen molar-refractivity contribution in [3.63, 3.8) is 0 Å². The number of benzene rings is 1. The van der Waals surface area contributed by atoms with Crippen LogP contribution in [0.3, 0.4) is 0 Å². The molecule has 0 saturated carbocycles. The number of nitrogens with one attached hydrogen (secondary N) is 1. The molecule has 0 bridgehead atoms. The van der Waals surface area contributed by atoms with Gasteiger partial charge < -0.3 is 19.9 Å². The third-order valence-electron chi connectivity index (χ3n) is 5.46. The van der Waals surface area contributed by atoms with Gasteiger partial charge in [-0.3, -0.25) is 4.98 Å². The van der Waals surface area contributed by atoms with Crippen LogP contribution in [0.15, 0.2) is 30.5 Å². The molecule has 1 fully saturated rings. The molecule has 1 saturated heterocycles. The molecular formula is C23H26ClF3N6O. The minimum atomic E-state index is -4.57. The van der Waals surface area contributed by atoms with Gasteiger partial charge in [0.25, 0.3) is 0 Å². The molecule has 1 N–H and O–H groups in total. The van der Waals surface area contributed by atoms with E-state index in [2.05, 4.69) is 25.2 Å². The van der Waals surface area contributed by atoms with Crippen LogP contribution >= 0.6 is 11.6 Å². The Morgan fingerprint density at radius 2 is 1.94 bits per heavy atom. The molecule has 1 atom stereocenters. The lowest BCUT2D eigenvalue weighted by Crippen LogP contribution is -2.44. The first kappa shape index (κ1) is 24.4. The Bertz CT molecular complexity index is 1170. The summed E-state index contributed by atoms with van der Waals surface area (Å²) in [5.41, 5.74) is -0.510. The van der Waals surface area contributed by atoms with E-state index in [9.17, 15) is 13.2 Å². The van der Waals surface area contributed by atoms with E-state index < -0.39 is 11.7 Å². The summed E-state index contributed by atoms with van der Waals surface area (Å²) in [5, 5.41) is 4.09. The van der Waals surface area contributed by atoms with Crippen molar-refractivity contribution in [3.05, 3.63) is 41.0 Å². The van der Waals surface area contributed by atoms with E-state index in [0.29, 0.717) is 23.3 Å². The normalized spacial score (nSPS) is 15.7. The van der Waals surface area contributed by atoms with Crippen molar-refractivity contribution < 1.29 is 17.9 Å². The molecule has 2 aromatic heterocycles. The van der Waals surface area contributed by atoms with E-state index in [0.717, 1.165) is 32.2 Å². The summed E-state index contributed by atoms with van der Waals surface area (Å²) in [7, 11) is 3.87. The molecule has 0 amide bonds. The number of fused-ring (bicyclic) bond motifs is 1. The van der Waals surface area contributed by atoms with Crippen molar-refractivity contribution in [3.8, 4) is 17.3 Å². The minimum Gasteiger partial charge on any atom is -0.459 e. The molecule has 1 unspecified atom stereocenters. The van der Waals surface area contributed by atoms with Gasteiger partial charge in [0.15, 0.2) is 0 Å². The molecule has 0 spiro atoms. The van der Waals surface area contributed by atoms with E-state index >= 15 is 0 Å². The Hall–Kier alpha value is -2.69. The van der Waals surface area contributed by atoms with E-state index in [1.54, 1.807) is 6.07 Å². The Labute approximate surface area is 200 Å². The molecule has 4 rings (SSSR count).